The lowest BCUT2D eigenvalue weighted by Crippen LogP contribution is -2.29. The molecule has 8 heterocycles. The maximum Gasteiger partial charge on any atom is 0.271 e. The SMILES string of the molecule is CC(C)(C)c1ccc(-n2[c-][n+](-c3cncc(Oc4ccnc(-c5cc(Oc6cncc(-[n+]7[c-]n(-c8ccc(C(C)(C)C)cn8)c8ccccc87)c6)ccn5)c4)c3)c3ccccc32)nc1. The van der Waals surface area contributed by atoms with Crippen molar-refractivity contribution in [3.8, 4) is 57.4 Å². The summed E-state index contributed by atoms with van der Waals surface area (Å²) in [5.74, 6) is 3.78. The quantitative estimate of drug-likeness (QED) is 0.104. The Morgan fingerprint density at radius 2 is 0.891 bits per heavy atom. The molecule has 64 heavy (non-hydrogen) atoms. The number of hydrogen-bond donors (Lipinski definition) is 0. The number of nitrogens with zero attached hydrogens (tertiary/aromatic N) is 10. The normalized spacial score (nSPS) is 11.9. The first kappa shape index (κ1) is 40.0. The molecular weight excluding hydrogens is 797 g/mol. The van der Waals surface area contributed by atoms with E-state index in [2.05, 4.69) is 111 Å². The van der Waals surface area contributed by atoms with E-state index < -0.39 is 0 Å². The highest BCUT2D eigenvalue weighted by molar-refractivity contribution is 5.75. The van der Waals surface area contributed by atoms with E-state index >= 15 is 0 Å². The Morgan fingerprint density at radius 1 is 0.453 bits per heavy atom. The van der Waals surface area contributed by atoms with E-state index in [0.29, 0.717) is 34.4 Å². The van der Waals surface area contributed by atoms with Crippen LogP contribution in [0.15, 0.2) is 159 Å². The molecule has 0 radical (unpaired) electrons. The number of rotatable bonds is 9. The molecular formula is C52H44N10O2. The summed E-state index contributed by atoms with van der Waals surface area (Å²) in [6, 6.07) is 35.7. The molecule has 0 aliphatic rings. The van der Waals surface area contributed by atoms with Crippen molar-refractivity contribution < 1.29 is 18.6 Å². The molecule has 0 unspecified atom stereocenters. The summed E-state index contributed by atoms with van der Waals surface area (Å²) in [5.41, 5.74) is 8.93. The van der Waals surface area contributed by atoms with E-state index in [1.54, 1.807) is 49.3 Å². The molecule has 0 atom stereocenters. The van der Waals surface area contributed by atoms with Crippen molar-refractivity contribution in [3.63, 3.8) is 0 Å². The van der Waals surface area contributed by atoms with E-state index in [1.165, 1.54) is 0 Å². The van der Waals surface area contributed by atoms with Crippen molar-refractivity contribution in [2.45, 2.75) is 52.4 Å². The Hall–Kier alpha value is -8.12. The molecule has 0 aliphatic heterocycles. The third kappa shape index (κ3) is 7.93. The molecule has 12 heteroatoms. The first-order valence-electron chi connectivity index (χ1n) is 21.0. The average molecular weight is 841 g/mol. The van der Waals surface area contributed by atoms with Crippen LogP contribution in [-0.4, -0.2) is 39.0 Å². The highest BCUT2D eigenvalue weighted by atomic mass is 16.5. The first-order chi connectivity index (χ1) is 30.9. The number of pyridine rings is 6. The van der Waals surface area contributed by atoms with Crippen molar-refractivity contribution in [1.82, 2.24) is 39.0 Å². The van der Waals surface area contributed by atoms with Gasteiger partial charge >= 0.3 is 0 Å². The molecule has 12 nitrogen and oxygen atoms in total. The van der Waals surface area contributed by atoms with Crippen LogP contribution >= 0.6 is 0 Å². The third-order valence-corrected chi connectivity index (χ3v) is 10.9. The molecule has 8 aromatic heterocycles. The lowest BCUT2D eigenvalue weighted by atomic mass is 9.88. The largest absolute Gasteiger partial charge is 0.456 e. The minimum absolute atomic E-state index is 0.0000348. The summed E-state index contributed by atoms with van der Waals surface area (Å²) in [5, 5.41) is 0. The lowest BCUT2D eigenvalue weighted by molar-refractivity contribution is -0.573. The van der Waals surface area contributed by atoms with Crippen molar-refractivity contribution in [2.75, 3.05) is 0 Å². The van der Waals surface area contributed by atoms with Gasteiger partial charge in [0.1, 0.15) is 23.0 Å². The van der Waals surface area contributed by atoms with Gasteiger partial charge in [-0.15, -0.1) is 0 Å². The second-order valence-electron chi connectivity index (χ2n) is 17.5. The van der Waals surface area contributed by atoms with Crippen molar-refractivity contribution in [2.24, 2.45) is 0 Å². The molecule has 0 aliphatic carbocycles. The molecule has 0 fully saturated rings. The van der Waals surface area contributed by atoms with Crippen LogP contribution in [0.2, 0.25) is 0 Å². The van der Waals surface area contributed by atoms with Gasteiger partial charge in [0.25, 0.3) is 12.7 Å². The Morgan fingerprint density at radius 3 is 1.30 bits per heavy atom. The zero-order valence-electron chi connectivity index (χ0n) is 36.3. The number of imidazole rings is 2. The molecule has 0 spiro atoms. The van der Waals surface area contributed by atoms with E-state index in [9.17, 15) is 0 Å². The van der Waals surface area contributed by atoms with Gasteiger partial charge in [-0.1, -0.05) is 102 Å². The van der Waals surface area contributed by atoms with E-state index in [-0.39, 0.29) is 10.8 Å². The van der Waals surface area contributed by atoms with Crippen LogP contribution in [0, 0.1) is 12.7 Å². The standard InChI is InChI=1S/C52H44N10O2/c1-51(2,3)35-15-17-49(57-27-35)61-33-59(45-11-7-9-13-47(45)61)37-23-41(31-53-29-37)63-39-19-21-55-43(25-39)44-26-40(20-22-56-44)64-42-24-38(30-54-32-42)60-34-62(48-14-10-8-12-46(48)60)50-18-16-36(28-58-50)52(4,5)6/h7-32H,1-6H3. The molecule has 0 N–H and O–H groups in total. The third-order valence-electron chi connectivity index (χ3n) is 10.9. The zero-order chi connectivity index (χ0) is 44.0. The summed E-state index contributed by atoms with van der Waals surface area (Å²) >= 11 is 0. The monoisotopic (exact) mass is 840 g/mol. The summed E-state index contributed by atoms with van der Waals surface area (Å²) in [4.78, 5) is 27.9. The molecule has 2 aromatic carbocycles. The highest BCUT2D eigenvalue weighted by Crippen LogP contribution is 2.30. The van der Waals surface area contributed by atoms with E-state index in [4.69, 9.17) is 19.4 Å². The Balaban J connectivity index is 0.884. The molecule has 10 rings (SSSR count). The van der Waals surface area contributed by atoms with E-state index in [0.717, 1.165) is 56.2 Å². The van der Waals surface area contributed by atoms with Crippen LogP contribution in [0.5, 0.6) is 23.0 Å². The highest BCUT2D eigenvalue weighted by Gasteiger charge is 2.19. The van der Waals surface area contributed by atoms with Crippen LogP contribution < -0.4 is 18.6 Å². The molecule has 314 valence electrons. The predicted molar refractivity (Wildman–Crippen MR) is 243 cm³/mol. The van der Waals surface area contributed by atoms with Gasteiger partial charge < -0.3 is 9.47 Å². The first-order valence-corrected chi connectivity index (χ1v) is 21.0. The second-order valence-corrected chi connectivity index (χ2v) is 17.5. The summed E-state index contributed by atoms with van der Waals surface area (Å²) in [6.45, 7) is 13.1. The van der Waals surface area contributed by atoms with Gasteiger partial charge in [0.05, 0.1) is 57.2 Å². The number of benzene rings is 2. The average Bonchev–Trinajstić information content (AvgIpc) is 3.89. The number of ether oxygens (including phenoxy) is 2. The fourth-order valence-electron chi connectivity index (χ4n) is 7.44. The molecule has 10 aromatic rings. The van der Waals surface area contributed by atoms with Crippen molar-refractivity contribution in [3.05, 3.63) is 183 Å². The maximum absolute atomic E-state index is 6.38. The fraction of sp³-hybridized carbons (Fsp3) is 0.154. The Labute approximate surface area is 370 Å². The number of fused-ring (bicyclic) bond motifs is 2. The Kier molecular flexibility index (Phi) is 9.98. The molecule has 0 amide bonds. The molecule has 0 bridgehead atoms. The summed E-state index contributed by atoms with van der Waals surface area (Å²) < 4.78 is 20.6. The number of aromatic nitrogens is 10. The van der Waals surface area contributed by atoms with Gasteiger partial charge in [-0.05, 0) is 58.4 Å². The summed E-state index contributed by atoms with van der Waals surface area (Å²) in [7, 11) is 0. The minimum Gasteiger partial charge on any atom is -0.456 e. The smallest absolute Gasteiger partial charge is 0.271 e. The van der Waals surface area contributed by atoms with Gasteiger partial charge in [-0.3, -0.25) is 48.2 Å². The number of hydrogen-bond acceptors (Lipinski definition) is 8. The fourth-order valence-corrected chi connectivity index (χ4v) is 7.44. The zero-order valence-corrected chi connectivity index (χ0v) is 36.3. The second kappa shape index (κ2) is 16.0. The molecule has 0 saturated carbocycles. The van der Waals surface area contributed by atoms with Crippen LogP contribution in [0.25, 0.3) is 56.5 Å². The van der Waals surface area contributed by atoms with Crippen molar-refractivity contribution >= 4 is 22.1 Å². The molecule has 0 saturated heterocycles. The van der Waals surface area contributed by atoms with Gasteiger partial charge in [-0.2, -0.15) is 0 Å². The van der Waals surface area contributed by atoms with Crippen LogP contribution in [0.1, 0.15) is 52.7 Å². The predicted octanol–water partition coefficient (Wildman–Crippen LogP) is 9.94. The Bertz CT molecular complexity index is 3080. The van der Waals surface area contributed by atoms with E-state index in [1.807, 2.05) is 91.3 Å². The van der Waals surface area contributed by atoms with Gasteiger partial charge in [0.2, 0.25) is 0 Å². The van der Waals surface area contributed by atoms with Gasteiger partial charge in [0.15, 0.2) is 11.6 Å². The maximum atomic E-state index is 6.38. The van der Waals surface area contributed by atoms with Gasteiger partial charge in [-0.25, -0.2) is 0 Å². The van der Waals surface area contributed by atoms with Crippen molar-refractivity contribution in [1.29, 1.82) is 0 Å². The summed E-state index contributed by atoms with van der Waals surface area (Å²) in [6.07, 6.45) is 21.2. The lowest BCUT2D eigenvalue weighted by Gasteiger charge is -2.18. The number of para-hydroxylation sites is 4. The van der Waals surface area contributed by atoms with Crippen LogP contribution in [0.4, 0.5) is 0 Å². The van der Waals surface area contributed by atoms with Crippen LogP contribution in [0.3, 0.4) is 0 Å². The minimum atomic E-state index is -0.0000348. The van der Waals surface area contributed by atoms with Crippen LogP contribution in [-0.2, 0) is 10.8 Å². The topological polar surface area (TPSA) is 113 Å². The van der Waals surface area contributed by atoms with Gasteiger partial charge in [0, 0.05) is 49.3 Å².